The van der Waals surface area contributed by atoms with Crippen molar-refractivity contribution in [1.82, 2.24) is 5.32 Å². The maximum atomic E-state index is 12.1. The van der Waals surface area contributed by atoms with E-state index in [0.29, 0.717) is 31.4 Å². The van der Waals surface area contributed by atoms with Crippen molar-refractivity contribution in [2.75, 3.05) is 13.2 Å². The third-order valence-corrected chi connectivity index (χ3v) is 3.28. The second-order valence-corrected chi connectivity index (χ2v) is 6.66. The lowest BCUT2D eigenvalue weighted by molar-refractivity contribution is -0.121. The van der Waals surface area contributed by atoms with Crippen LogP contribution in [0.25, 0.3) is 0 Å². The van der Waals surface area contributed by atoms with Gasteiger partial charge in [-0.25, -0.2) is 0 Å². The molecule has 1 rings (SSSR count). The van der Waals surface area contributed by atoms with Gasteiger partial charge in [0.2, 0.25) is 5.91 Å². The van der Waals surface area contributed by atoms with Crippen LogP contribution in [0.4, 0.5) is 0 Å². The molecule has 1 aromatic carbocycles. The van der Waals surface area contributed by atoms with Crippen molar-refractivity contribution in [2.24, 2.45) is 17.6 Å². The second-order valence-electron chi connectivity index (χ2n) is 6.66. The first-order valence-corrected chi connectivity index (χ1v) is 8.11. The molecule has 4 nitrogen and oxygen atoms in total. The molecule has 0 aromatic heterocycles. The summed E-state index contributed by atoms with van der Waals surface area (Å²) in [5.74, 6) is 1.88. The lowest BCUT2D eigenvalue weighted by Crippen LogP contribution is -2.41. The minimum Gasteiger partial charge on any atom is -0.493 e. The molecule has 5 heteroatoms. The Bertz CT molecular complexity index is 447. The predicted molar refractivity (Wildman–Crippen MR) is 98.2 cm³/mol. The van der Waals surface area contributed by atoms with Crippen LogP contribution in [0.1, 0.15) is 39.7 Å². The summed E-state index contributed by atoms with van der Waals surface area (Å²) >= 11 is 0. The van der Waals surface area contributed by atoms with Crippen molar-refractivity contribution in [3.8, 4) is 5.75 Å². The van der Waals surface area contributed by atoms with Crippen LogP contribution in [0.15, 0.2) is 24.3 Å². The Labute approximate surface area is 146 Å². The van der Waals surface area contributed by atoms with Gasteiger partial charge in [0, 0.05) is 12.6 Å². The summed E-state index contributed by atoms with van der Waals surface area (Å²) in [4.78, 5) is 12.1. The minimum absolute atomic E-state index is 0. The van der Waals surface area contributed by atoms with Gasteiger partial charge in [0.05, 0.1) is 13.0 Å². The van der Waals surface area contributed by atoms with Crippen molar-refractivity contribution in [1.29, 1.82) is 0 Å². The fourth-order valence-corrected chi connectivity index (χ4v) is 2.21. The first-order valence-electron chi connectivity index (χ1n) is 8.11. The summed E-state index contributed by atoms with van der Waals surface area (Å²) in [6.07, 6.45) is 1.28. The first-order chi connectivity index (χ1) is 10.4. The number of benzene rings is 1. The third-order valence-electron chi connectivity index (χ3n) is 3.28. The third kappa shape index (κ3) is 9.47. The highest BCUT2D eigenvalue weighted by Crippen LogP contribution is 2.14. The number of amides is 1. The monoisotopic (exact) mass is 342 g/mol. The molecule has 1 amide bonds. The summed E-state index contributed by atoms with van der Waals surface area (Å²) in [7, 11) is 0. The molecule has 0 aliphatic carbocycles. The summed E-state index contributed by atoms with van der Waals surface area (Å²) < 4.78 is 5.64. The van der Waals surface area contributed by atoms with Crippen molar-refractivity contribution < 1.29 is 9.53 Å². The number of ether oxygens (including phenoxy) is 1. The summed E-state index contributed by atoms with van der Waals surface area (Å²) in [6.45, 7) is 9.67. The van der Waals surface area contributed by atoms with Crippen molar-refractivity contribution in [2.45, 2.75) is 46.6 Å². The van der Waals surface area contributed by atoms with Crippen LogP contribution in [-0.4, -0.2) is 25.1 Å². The second kappa shape index (κ2) is 11.3. The molecular weight excluding hydrogens is 312 g/mol. The van der Waals surface area contributed by atoms with E-state index in [2.05, 4.69) is 33.0 Å². The zero-order valence-corrected chi connectivity index (χ0v) is 15.5. The van der Waals surface area contributed by atoms with E-state index in [1.165, 1.54) is 0 Å². The normalized spacial score (nSPS) is 12.0. The molecule has 0 saturated heterocycles. The average Bonchev–Trinajstić information content (AvgIpc) is 2.45. The van der Waals surface area contributed by atoms with E-state index >= 15 is 0 Å². The Morgan fingerprint density at radius 3 is 2.22 bits per heavy atom. The number of hydrogen-bond donors (Lipinski definition) is 2. The maximum Gasteiger partial charge on any atom is 0.224 e. The van der Waals surface area contributed by atoms with E-state index in [-0.39, 0.29) is 24.4 Å². The van der Waals surface area contributed by atoms with Crippen LogP contribution in [-0.2, 0) is 11.2 Å². The SMILES string of the molecule is CC(C)COc1ccc(CC(=O)NC(CN)CC(C)C)cc1.Cl. The Morgan fingerprint density at radius 2 is 1.74 bits per heavy atom. The van der Waals surface area contributed by atoms with E-state index in [9.17, 15) is 4.79 Å². The largest absolute Gasteiger partial charge is 0.493 e. The van der Waals surface area contributed by atoms with Gasteiger partial charge in [0.25, 0.3) is 0 Å². The van der Waals surface area contributed by atoms with E-state index < -0.39 is 0 Å². The van der Waals surface area contributed by atoms with E-state index in [1.807, 2.05) is 24.3 Å². The van der Waals surface area contributed by atoms with Crippen LogP contribution in [0.2, 0.25) is 0 Å². The van der Waals surface area contributed by atoms with Crippen LogP contribution >= 0.6 is 12.4 Å². The number of carbonyl (C=O) groups is 1. The molecule has 1 atom stereocenters. The number of nitrogens with two attached hydrogens (primary N) is 1. The molecule has 0 aliphatic rings. The molecule has 1 aromatic rings. The van der Waals surface area contributed by atoms with Gasteiger partial charge in [-0.2, -0.15) is 0 Å². The topological polar surface area (TPSA) is 64.3 Å². The van der Waals surface area contributed by atoms with Gasteiger partial charge in [-0.3, -0.25) is 4.79 Å². The molecule has 0 bridgehead atoms. The van der Waals surface area contributed by atoms with Gasteiger partial charge < -0.3 is 15.8 Å². The van der Waals surface area contributed by atoms with E-state index in [4.69, 9.17) is 10.5 Å². The molecule has 23 heavy (non-hydrogen) atoms. The Hall–Kier alpha value is -1.26. The molecule has 0 aliphatic heterocycles. The van der Waals surface area contributed by atoms with Crippen LogP contribution in [0, 0.1) is 11.8 Å². The van der Waals surface area contributed by atoms with Gasteiger partial charge >= 0.3 is 0 Å². The molecule has 0 radical (unpaired) electrons. The first kappa shape index (κ1) is 21.7. The predicted octanol–water partition coefficient (Wildman–Crippen LogP) is 3.18. The highest BCUT2D eigenvalue weighted by atomic mass is 35.5. The van der Waals surface area contributed by atoms with Crippen molar-refractivity contribution >= 4 is 18.3 Å². The van der Waals surface area contributed by atoms with E-state index in [1.54, 1.807) is 0 Å². The molecule has 0 spiro atoms. The van der Waals surface area contributed by atoms with Crippen LogP contribution in [0.5, 0.6) is 5.75 Å². The Kier molecular flexibility index (Phi) is 10.7. The zero-order valence-electron chi connectivity index (χ0n) is 14.7. The van der Waals surface area contributed by atoms with Crippen LogP contribution in [0.3, 0.4) is 0 Å². The lowest BCUT2D eigenvalue weighted by atomic mass is 10.0. The van der Waals surface area contributed by atoms with Crippen molar-refractivity contribution in [3.05, 3.63) is 29.8 Å². The fraction of sp³-hybridized carbons (Fsp3) is 0.611. The number of carbonyl (C=O) groups excluding carboxylic acids is 1. The van der Waals surface area contributed by atoms with Gasteiger partial charge in [-0.1, -0.05) is 39.8 Å². The standard InChI is InChI=1S/C18H30N2O2.ClH/c1-13(2)9-16(11-19)20-18(21)10-15-5-7-17(8-6-15)22-12-14(3)4;/h5-8,13-14,16H,9-12,19H2,1-4H3,(H,20,21);1H. The molecule has 1 unspecified atom stereocenters. The number of hydrogen-bond acceptors (Lipinski definition) is 3. The lowest BCUT2D eigenvalue weighted by Gasteiger charge is -2.18. The van der Waals surface area contributed by atoms with Gasteiger partial charge in [-0.15, -0.1) is 12.4 Å². The summed E-state index contributed by atoms with van der Waals surface area (Å²) in [6, 6.07) is 7.77. The van der Waals surface area contributed by atoms with Crippen molar-refractivity contribution in [3.63, 3.8) is 0 Å². The van der Waals surface area contributed by atoms with Gasteiger partial charge in [0.15, 0.2) is 0 Å². The smallest absolute Gasteiger partial charge is 0.224 e. The fourth-order valence-electron chi connectivity index (χ4n) is 2.21. The highest BCUT2D eigenvalue weighted by Gasteiger charge is 2.12. The molecule has 0 heterocycles. The van der Waals surface area contributed by atoms with Crippen LogP contribution < -0.4 is 15.8 Å². The highest BCUT2D eigenvalue weighted by molar-refractivity contribution is 5.85. The Morgan fingerprint density at radius 1 is 1.13 bits per heavy atom. The molecule has 3 N–H and O–H groups in total. The van der Waals surface area contributed by atoms with E-state index in [0.717, 1.165) is 17.7 Å². The summed E-state index contributed by atoms with van der Waals surface area (Å²) in [5, 5.41) is 3.01. The quantitative estimate of drug-likeness (QED) is 0.724. The number of halogens is 1. The molecule has 132 valence electrons. The molecular formula is C18H31ClN2O2. The molecule has 0 fully saturated rings. The molecule has 0 saturated carbocycles. The average molecular weight is 343 g/mol. The van der Waals surface area contributed by atoms with Gasteiger partial charge in [0.1, 0.15) is 5.75 Å². The minimum atomic E-state index is 0. The van der Waals surface area contributed by atoms with Gasteiger partial charge in [-0.05, 0) is 36.0 Å². The maximum absolute atomic E-state index is 12.1. The summed E-state index contributed by atoms with van der Waals surface area (Å²) in [5.41, 5.74) is 6.69. The zero-order chi connectivity index (χ0) is 16.5. The number of rotatable bonds is 9. The Balaban J connectivity index is 0.00000484. The number of nitrogens with one attached hydrogen (secondary N) is 1.